The quantitative estimate of drug-likeness (QED) is 0.596. The van der Waals surface area contributed by atoms with Gasteiger partial charge in [0.15, 0.2) is 9.84 Å². The SMILES string of the molecule is O=[N+]([O-])c1cc(C(F)(F)F)ccc1N1CC[NH+]([C@H]2CCS(=O)(=O)C2)CC1. The topological polar surface area (TPSA) is 85.0 Å². The molecule has 11 heteroatoms. The maximum atomic E-state index is 12.8. The van der Waals surface area contributed by atoms with Gasteiger partial charge in [-0.2, -0.15) is 13.2 Å². The number of nitrogens with one attached hydrogen (secondary N) is 1. The number of alkyl halides is 3. The van der Waals surface area contributed by atoms with Crippen molar-refractivity contribution < 1.29 is 31.4 Å². The van der Waals surface area contributed by atoms with Crippen LogP contribution in [-0.2, 0) is 16.0 Å². The number of piperazine rings is 1. The molecule has 0 aliphatic carbocycles. The molecular formula is C15H19F3N3O4S+. The molecule has 0 unspecified atom stereocenters. The molecule has 2 aliphatic rings. The average Bonchev–Trinajstić information content (AvgIpc) is 2.93. The first kappa shape index (κ1) is 18.9. The first-order valence-corrected chi connectivity index (χ1v) is 10.0. The lowest BCUT2D eigenvalue weighted by molar-refractivity contribution is -0.922. The van der Waals surface area contributed by atoms with E-state index < -0.39 is 32.2 Å². The van der Waals surface area contributed by atoms with E-state index in [1.807, 2.05) is 0 Å². The summed E-state index contributed by atoms with van der Waals surface area (Å²) in [7, 11) is -2.98. The molecule has 26 heavy (non-hydrogen) atoms. The van der Waals surface area contributed by atoms with Crippen LogP contribution in [0, 0.1) is 10.1 Å². The number of anilines is 1. The molecule has 144 valence electrons. The number of nitro benzene ring substituents is 1. The molecule has 0 bridgehead atoms. The van der Waals surface area contributed by atoms with Gasteiger partial charge in [0.05, 0.1) is 42.4 Å². The largest absolute Gasteiger partial charge is 0.416 e. The summed E-state index contributed by atoms with van der Waals surface area (Å²) in [4.78, 5) is 13.3. The normalized spacial score (nSPS) is 24.0. The zero-order valence-corrected chi connectivity index (χ0v) is 14.6. The lowest BCUT2D eigenvalue weighted by Crippen LogP contribution is -3.18. The van der Waals surface area contributed by atoms with Crippen molar-refractivity contribution >= 4 is 21.2 Å². The number of nitrogens with zero attached hydrogens (tertiary/aromatic N) is 2. The Kier molecular flexibility index (Phi) is 4.86. The Morgan fingerprint density at radius 2 is 1.88 bits per heavy atom. The number of nitro groups is 1. The van der Waals surface area contributed by atoms with Gasteiger partial charge in [0.1, 0.15) is 17.5 Å². The smallest absolute Gasteiger partial charge is 0.355 e. The maximum Gasteiger partial charge on any atom is 0.416 e. The molecular weight excluding hydrogens is 375 g/mol. The summed E-state index contributed by atoms with van der Waals surface area (Å²) in [5.41, 5.74) is -1.44. The van der Waals surface area contributed by atoms with Gasteiger partial charge in [-0.3, -0.25) is 10.1 Å². The lowest BCUT2D eigenvalue weighted by atomic mass is 10.1. The first-order valence-electron chi connectivity index (χ1n) is 8.22. The highest BCUT2D eigenvalue weighted by atomic mass is 32.2. The zero-order valence-electron chi connectivity index (χ0n) is 13.8. The number of hydrogen-bond donors (Lipinski definition) is 1. The molecule has 1 atom stereocenters. The fourth-order valence-corrected chi connectivity index (χ4v) is 5.50. The molecule has 2 aliphatic heterocycles. The van der Waals surface area contributed by atoms with Crippen LogP contribution >= 0.6 is 0 Å². The van der Waals surface area contributed by atoms with Crippen molar-refractivity contribution in [3.8, 4) is 0 Å². The van der Waals surface area contributed by atoms with E-state index in [1.165, 1.54) is 0 Å². The van der Waals surface area contributed by atoms with Crippen molar-refractivity contribution in [1.29, 1.82) is 0 Å². The highest BCUT2D eigenvalue weighted by Gasteiger charge is 2.38. The summed E-state index contributed by atoms with van der Waals surface area (Å²) < 4.78 is 61.6. The van der Waals surface area contributed by atoms with Crippen LogP contribution < -0.4 is 9.80 Å². The summed E-state index contributed by atoms with van der Waals surface area (Å²) >= 11 is 0. The molecule has 0 radical (unpaired) electrons. The molecule has 7 nitrogen and oxygen atoms in total. The maximum absolute atomic E-state index is 12.8. The Morgan fingerprint density at radius 3 is 2.38 bits per heavy atom. The van der Waals surface area contributed by atoms with Crippen LogP contribution in [0.4, 0.5) is 24.5 Å². The third kappa shape index (κ3) is 3.93. The molecule has 1 N–H and O–H groups in total. The predicted octanol–water partition coefficient (Wildman–Crippen LogP) is 0.506. The van der Waals surface area contributed by atoms with Gasteiger partial charge >= 0.3 is 6.18 Å². The van der Waals surface area contributed by atoms with E-state index in [0.717, 1.165) is 17.0 Å². The van der Waals surface area contributed by atoms with E-state index in [0.29, 0.717) is 38.7 Å². The Labute approximate surface area is 148 Å². The van der Waals surface area contributed by atoms with E-state index in [4.69, 9.17) is 0 Å². The molecule has 0 saturated carbocycles. The molecule has 0 amide bonds. The summed E-state index contributed by atoms with van der Waals surface area (Å²) in [6, 6.07) is 2.60. The van der Waals surface area contributed by atoms with Crippen LogP contribution in [0.3, 0.4) is 0 Å². The van der Waals surface area contributed by atoms with Gasteiger partial charge in [-0.25, -0.2) is 8.42 Å². The van der Waals surface area contributed by atoms with Gasteiger partial charge in [-0.05, 0) is 12.1 Å². The minimum atomic E-state index is -4.64. The summed E-state index contributed by atoms with van der Waals surface area (Å²) in [5, 5.41) is 11.2. The fraction of sp³-hybridized carbons (Fsp3) is 0.600. The number of halogens is 3. The highest BCUT2D eigenvalue weighted by Crippen LogP contribution is 2.36. The van der Waals surface area contributed by atoms with Crippen LogP contribution in [-0.4, -0.2) is 57.1 Å². The van der Waals surface area contributed by atoms with Crippen molar-refractivity contribution in [1.82, 2.24) is 0 Å². The molecule has 1 aromatic rings. The molecule has 2 saturated heterocycles. The second-order valence-electron chi connectivity index (χ2n) is 6.70. The number of rotatable bonds is 3. The monoisotopic (exact) mass is 394 g/mol. The first-order chi connectivity index (χ1) is 12.1. The van der Waals surface area contributed by atoms with Crippen molar-refractivity contribution in [3.05, 3.63) is 33.9 Å². The van der Waals surface area contributed by atoms with Crippen LogP contribution in [0.1, 0.15) is 12.0 Å². The molecule has 1 aromatic carbocycles. The summed E-state index contributed by atoms with van der Waals surface area (Å²) in [5.74, 6) is 0.345. The number of benzene rings is 1. The van der Waals surface area contributed by atoms with E-state index in [2.05, 4.69) is 0 Å². The van der Waals surface area contributed by atoms with E-state index >= 15 is 0 Å². The van der Waals surface area contributed by atoms with Crippen molar-refractivity contribution in [2.45, 2.75) is 18.6 Å². The average molecular weight is 394 g/mol. The van der Waals surface area contributed by atoms with Crippen LogP contribution in [0.2, 0.25) is 0 Å². The van der Waals surface area contributed by atoms with Gasteiger partial charge in [0.25, 0.3) is 5.69 Å². The van der Waals surface area contributed by atoms with Crippen LogP contribution in [0.5, 0.6) is 0 Å². The molecule has 0 aromatic heterocycles. The Bertz CT molecular complexity index is 805. The standard InChI is InChI=1S/C15H18F3N3O4S/c16-15(17,18)11-1-2-13(14(9-11)21(22)23)20-6-4-19(5-7-20)12-3-8-26(24,25)10-12/h1-2,9,12H,3-8,10H2/p+1/t12-/m0/s1. The highest BCUT2D eigenvalue weighted by molar-refractivity contribution is 7.91. The Balaban J connectivity index is 1.74. The molecule has 2 fully saturated rings. The van der Waals surface area contributed by atoms with E-state index in [-0.39, 0.29) is 23.2 Å². The second kappa shape index (κ2) is 6.69. The molecule has 2 heterocycles. The molecule has 3 rings (SSSR count). The summed E-state index contributed by atoms with van der Waals surface area (Å²) in [6.45, 7) is 2.05. The van der Waals surface area contributed by atoms with Gasteiger partial charge < -0.3 is 9.80 Å². The Morgan fingerprint density at radius 1 is 1.23 bits per heavy atom. The van der Waals surface area contributed by atoms with Crippen LogP contribution in [0.25, 0.3) is 0 Å². The van der Waals surface area contributed by atoms with Gasteiger partial charge in [0.2, 0.25) is 0 Å². The third-order valence-corrected chi connectivity index (χ3v) is 6.82. The Hall–Kier alpha value is -1.88. The summed E-state index contributed by atoms with van der Waals surface area (Å²) in [6.07, 6.45) is -4.03. The van der Waals surface area contributed by atoms with E-state index in [9.17, 15) is 31.7 Å². The third-order valence-electron chi connectivity index (χ3n) is 5.06. The van der Waals surface area contributed by atoms with Crippen molar-refractivity contribution in [2.24, 2.45) is 0 Å². The number of quaternary nitrogens is 1. The lowest BCUT2D eigenvalue weighted by Gasteiger charge is -2.36. The fourth-order valence-electron chi connectivity index (χ4n) is 3.67. The van der Waals surface area contributed by atoms with Crippen LogP contribution in [0.15, 0.2) is 18.2 Å². The van der Waals surface area contributed by atoms with Gasteiger partial charge in [0, 0.05) is 12.5 Å². The van der Waals surface area contributed by atoms with E-state index in [1.54, 1.807) is 4.90 Å². The minimum Gasteiger partial charge on any atom is -0.355 e. The van der Waals surface area contributed by atoms with Crippen molar-refractivity contribution in [2.75, 3.05) is 42.6 Å². The molecule has 0 spiro atoms. The second-order valence-corrected chi connectivity index (χ2v) is 8.93. The minimum absolute atomic E-state index is 0.0322. The number of hydrogen-bond acceptors (Lipinski definition) is 5. The zero-order chi connectivity index (χ0) is 19.1. The number of sulfone groups is 1. The van der Waals surface area contributed by atoms with Gasteiger partial charge in [-0.15, -0.1) is 0 Å². The van der Waals surface area contributed by atoms with Gasteiger partial charge in [-0.1, -0.05) is 0 Å². The van der Waals surface area contributed by atoms with Crippen molar-refractivity contribution in [3.63, 3.8) is 0 Å². The predicted molar refractivity (Wildman–Crippen MR) is 88.1 cm³/mol.